The molecular weight excluding hydrogens is 390 g/mol. The largest absolute Gasteiger partial charge is 0.497 e. The van der Waals surface area contributed by atoms with Crippen LogP contribution in [-0.4, -0.2) is 45.9 Å². The minimum atomic E-state index is -0.0472. The van der Waals surface area contributed by atoms with Gasteiger partial charge in [-0.3, -0.25) is 4.79 Å². The first kappa shape index (κ1) is 18.9. The Labute approximate surface area is 171 Å². The van der Waals surface area contributed by atoms with E-state index in [-0.39, 0.29) is 18.9 Å². The van der Waals surface area contributed by atoms with Crippen LogP contribution in [0.15, 0.2) is 48.5 Å². The van der Waals surface area contributed by atoms with Gasteiger partial charge in [-0.25, -0.2) is 0 Å². The SMILES string of the molecule is COc1ccc(OCC(=O)CNc2ccc(-c3nn4c(C)nnc4s3)cc2)cc1. The van der Waals surface area contributed by atoms with E-state index in [1.165, 1.54) is 11.3 Å². The van der Waals surface area contributed by atoms with Crippen LogP contribution in [0.1, 0.15) is 5.82 Å². The highest BCUT2D eigenvalue weighted by atomic mass is 32.1. The van der Waals surface area contributed by atoms with Gasteiger partial charge in [-0.15, -0.1) is 10.2 Å². The summed E-state index contributed by atoms with van der Waals surface area (Å²) in [6, 6.07) is 14.9. The standard InChI is InChI=1S/C20H19N5O3S/c1-13-22-23-20-25(13)24-19(29-20)14-3-5-15(6-4-14)21-11-16(26)12-28-18-9-7-17(27-2)8-10-18/h3-10,21H,11-12H2,1-2H3. The van der Waals surface area contributed by atoms with Crippen LogP contribution in [0.2, 0.25) is 0 Å². The molecule has 0 atom stereocenters. The Morgan fingerprint density at radius 2 is 1.79 bits per heavy atom. The second kappa shape index (κ2) is 8.27. The monoisotopic (exact) mass is 409 g/mol. The smallest absolute Gasteiger partial charge is 0.234 e. The number of fused-ring (bicyclic) bond motifs is 1. The molecule has 8 nitrogen and oxygen atoms in total. The lowest BCUT2D eigenvalue weighted by atomic mass is 10.2. The number of ketones is 1. The molecule has 2 aromatic carbocycles. The van der Waals surface area contributed by atoms with E-state index in [0.29, 0.717) is 5.75 Å². The third kappa shape index (κ3) is 4.35. The molecule has 2 heterocycles. The lowest BCUT2D eigenvalue weighted by molar-refractivity contribution is -0.119. The fraction of sp³-hybridized carbons (Fsp3) is 0.200. The Morgan fingerprint density at radius 3 is 2.48 bits per heavy atom. The third-order valence-corrected chi connectivity index (χ3v) is 5.18. The van der Waals surface area contributed by atoms with Gasteiger partial charge in [0, 0.05) is 11.3 Å². The van der Waals surface area contributed by atoms with E-state index in [1.807, 2.05) is 31.2 Å². The van der Waals surface area contributed by atoms with Gasteiger partial charge in [0.05, 0.1) is 13.7 Å². The fourth-order valence-electron chi connectivity index (χ4n) is 2.65. The molecule has 0 radical (unpaired) electrons. The Bertz CT molecular complexity index is 1120. The molecule has 1 N–H and O–H groups in total. The van der Waals surface area contributed by atoms with Crippen molar-refractivity contribution < 1.29 is 14.3 Å². The number of hydrogen-bond donors (Lipinski definition) is 1. The van der Waals surface area contributed by atoms with Crippen LogP contribution in [0.25, 0.3) is 15.5 Å². The normalized spacial score (nSPS) is 10.8. The number of carbonyl (C=O) groups excluding carboxylic acids is 1. The lowest BCUT2D eigenvalue weighted by Crippen LogP contribution is -2.20. The van der Waals surface area contributed by atoms with Gasteiger partial charge in [0.25, 0.3) is 0 Å². The van der Waals surface area contributed by atoms with E-state index < -0.39 is 0 Å². The second-order valence-electron chi connectivity index (χ2n) is 6.28. The first-order valence-corrected chi connectivity index (χ1v) is 9.76. The highest BCUT2D eigenvalue weighted by molar-refractivity contribution is 7.19. The summed E-state index contributed by atoms with van der Waals surface area (Å²) in [5.41, 5.74) is 1.84. The molecule has 0 aliphatic carbocycles. The first-order chi connectivity index (χ1) is 14.1. The van der Waals surface area contributed by atoms with Crippen LogP contribution in [0.4, 0.5) is 5.69 Å². The number of hydrogen-bond acceptors (Lipinski definition) is 8. The number of Topliss-reactive ketones (excluding diaryl/α,β-unsaturated/α-hetero) is 1. The van der Waals surface area contributed by atoms with E-state index in [0.717, 1.165) is 32.8 Å². The number of methoxy groups -OCH3 is 1. The maximum absolute atomic E-state index is 12.1. The number of aromatic nitrogens is 4. The van der Waals surface area contributed by atoms with Crippen molar-refractivity contribution in [1.29, 1.82) is 0 Å². The Balaban J connectivity index is 1.29. The summed E-state index contributed by atoms with van der Waals surface area (Å²) in [6.07, 6.45) is 0. The minimum absolute atomic E-state index is 0.00368. The Morgan fingerprint density at radius 1 is 1.07 bits per heavy atom. The van der Waals surface area contributed by atoms with Crippen LogP contribution in [0.5, 0.6) is 11.5 Å². The summed E-state index contributed by atoms with van der Waals surface area (Å²) < 4.78 is 12.3. The predicted molar refractivity (Wildman–Crippen MR) is 111 cm³/mol. The van der Waals surface area contributed by atoms with E-state index in [4.69, 9.17) is 9.47 Å². The summed E-state index contributed by atoms with van der Waals surface area (Å²) >= 11 is 1.48. The van der Waals surface area contributed by atoms with Crippen molar-refractivity contribution in [3.8, 4) is 22.1 Å². The molecule has 0 saturated heterocycles. The third-order valence-electron chi connectivity index (χ3n) is 4.23. The van der Waals surface area contributed by atoms with Crippen molar-refractivity contribution in [1.82, 2.24) is 19.8 Å². The molecule has 0 aliphatic heterocycles. The highest BCUT2D eigenvalue weighted by Gasteiger charge is 2.10. The molecule has 0 saturated carbocycles. The van der Waals surface area contributed by atoms with Crippen LogP contribution in [0.3, 0.4) is 0 Å². The number of nitrogens with zero attached hydrogens (tertiary/aromatic N) is 4. The van der Waals surface area contributed by atoms with Gasteiger partial charge >= 0.3 is 0 Å². The number of anilines is 1. The number of ether oxygens (including phenoxy) is 2. The van der Waals surface area contributed by atoms with Gasteiger partial charge in [-0.1, -0.05) is 11.3 Å². The topological polar surface area (TPSA) is 90.6 Å². The molecule has 0 fully saturated rings. The number of carbonyl (C=O) groups is 1. The fourth-order valence-corrected chi connectivity index (χ4v) is 3.54. The quantitative estimate of drug-likeness (QED) is 0.478. The van der Waals surface area contributed by atoms with Crippen LogP contribution < -0.4 is 14.8 Å². The van der Waals surface area contributed by atoms with Crippen LogP contribution >= 0.6 is 11.3 Å². The average molecular weight is 409 g/mol. The summed E-state index contributed by atoms with van der Waals surface area (Å²) in [6.45, 7) is 2.06. The van der Waals surface area contributed by atoms with Gasteiger partial charge in [0.15, 0.2) is 11.6 Å². The number of nitrogens with one attached hydrogen (secondary N) is 1. The summed E-state index contributed by atoms with van der Waals surface area (Å²) in [4.78, 5) is 12.8. The van der Waals surface area contributed by atoms with Gasteiger partial charge < -0.3 is 14.8 Å². The maximum atomic E-state index is 12.1. The van der Waals surface area contributed by atoms with E-state index in [9.17, 15) is 4.79 Å². The average Bonchev–Trinajstić information content (AvgIpc) is 3.33. The molecule has 4 aromatic rings. The van der Waals surface area contributed by atoms with Crippen molar-refractivity contribution in [2.75, 3.05) is 25.6 Å². The number of benzene rings is 2. The molecule has 0 aliphatic rings. The Kier molecular flexibility index (Phi) is 5.39. The minimum Gasteiger partial charge on any atom is -0.497 e. The molecule has 148 valence electrons. The van der Waals surface area contributed by atoms with Gasteiger partial charge in [0.2, 0.25) is 4.96 Å². The molecule has 0 unspecified atom stereocenters. The number of rotatable bonds is 8. The molecule has 0 bridgehead atoms. The Hall–Kier alpha value is -3.46. The molecule has 2 aromatic heterocycles. The van der Waals surface area contributed by atoms with Crippen molar-refractivity contribution in [3.05, 3.63) is 54.4 Å². The zero-order chi connectivity index (χ0) is 20.2. The molecule has 9 heteroatoms. The van der Waals surface area contributed by atoms with E-state index in [2.05, 4.69) is 20.6 Å². The van der Waals surface area contributed by atoms with Gasteiger partial charge in [0.1, 0.15) is 23.1 Å². The second-order valence-corrected chi connectivity index (χ2v) is 7.24. The van der Waals surface area contributed by atoms with Crippen molar-refractivity contribution in [2.24, 2.45) is 0 Å². The molecule has 0 spiro atoms. The van der Waals surface area contributed by atoms with Crippen molar-refractivity contribution in [3.63, 3.8) is 0 Å². The van der Waals surface area contributed by atoms with Gasteiger partial charge in [-0.05, 0) is 55.5 Å². The molecular formula is C20H19N5O3S. The van der Waals surface area contributed by atoms with Gasteiger partial charge in [-0.2, -0.15) is 9.61 Å². The zero-order valence-electron chi connectivity index (χ0n) is 16.0. The van der Waals surface area contributed by atoms with Crippen molar-refractivity contribution >= 4 is 27.8 Å². The molecule has 4 rings (SSSR count). The zero-order valence-corrected chi connectivity index (χ0v) is 16.8. The summed E-state index contributed by atoms with van der Waals surface area (Å²) in [5, 5.41) is 16.6. The van der Waals surface area contributed by atoms with E-state index in [1.54, 1.807) is 35.9 Å². The lowest BCUT2D eigenvalue weighted by Gasteiger charge is -2.08. The predicted octanol–water partition coefficient (Wildman–Crippen LogP) is 3.23. The van der Waals surface area contributed by atoms with E-state index >= 15 is 0 Å². The molecule has 0 amide bonds. The highest BCUT2D eigenvalue weighted by Crippen LogP contribution is 2.26. The van der Waals surface area contributed by atoms with Crippen LogP contribution in [-0.2, 0) is 4.79 Å². The summed E-state index contributed by atoms with van der Waals surface area (Å²) in [5.74, 6) is 2.08. The molecule has 29 heavy (non-hydrogen) atoms. The van der Waals surface area contributed by atoms with Crippen LogP contribution in [0, 0.1) is 6.92 Å². The number of aryl methyl sites for hydroxylation is 1. The first-order valence-electron chi connectivity index (χ1n) is 8.94. The maximum Gasteiger partial charge on any atom is 0.234 e. The van der Waals surface area contributed by atoms with Crippen molar-refractivity contribution in [2.45, 2.75) is 6.92 Å². The summed E-state index contributed by atoms with van der Waals surface area (Å²) in [7, 11) is 1.60.